The van der Waals surface area contributed by atoms with Crippen LogP contribution in [0, 0.1) is 0 Å². The number of likely N-dealkylation sites (tertiary alicyclic amines) is 1. The van der Waals surface area contributed by atoms with Crippen LogP contribution in [0.15, 0.2) is 22.7 Å². The normalized spacial score (nSPS) is 13.3. The number of benzene rings is 1. The zero-order chi connectivity index (χ0) is 20.0. The molecular weight excluding hydrogens is 395 g/mol. The van der Waals surface area contributed by atoms with Gasteiger partial charge in [-0.1, -0.05) is 41.5 Å². The summed E-state index contributed by atoms with van der Waals surface area (Å²) in [6.45, 7) is 13.3. The maximum atomic E-state index is 12.5. The van der Waals surface area contributed by atoms with Crippen LogP contribution >= 0.6 is 15.9 Å². The second-order valence-electron chi connectivity index (χ2n) is 4.55. The zero-order valence-electron chi connectivity index (χ0n) is 16.1. The van der Waals surface area contributed by atoms with Crippen molar-refractivity contribution in [1.82, 2.24) is 4.90 Å². The number of piperidine rings is 1. The lowest BCUT2D eigenvalue weighted by molar-refractivity contribution is -0.137. The van der Waals surface area contributed by atoms with Gasteiger partial charge in [-0.25, -0.2) is 0 Å². The molecule has 0 radical (unpaired) electrons. The summed E-state index contributed by atoms with van der Waals surface area (Å²) in [4.78, 5) is 13.9. The first kappa shape index (κ1) is 26.2. The fourth-order valence-electron chi connectivity index (χ4n) is 2.13. The van der Waals surface area contributed by atoms with Crippen molar-refractivity contribution < 1.29 is 18.0 Å². The third-order valence-corrected chi connectivity index (χ3v) is 3.83. The molecule has 0 bridgehead atoms. The molecule has 1 saturated heterocycles. The molecule has 1 amide bonds. The lowest BCUT2D eigenvalue weighted by atomic mass is 10.1. The first-order valence-corrected chi connectivity index (χ1v) is 9.85. The van der Waals surface area contributed by atoms with Crippen molar-refractivity contribution in [2.75, 3.05) is 13.1 Å². The second kappa shape index (κ2) is 14.2. The maximum Gasteiger partial charge on any atom is 0.416 e. The summed E-state index contributed by atoms with van der Waals surface area (Å²) in [5.74, 6) is -0.208. The molecular formula is C19H31BrF3NO. The van der Waals surface area contributed by atoms with E-state index in [2.05, 4.69) is 15.9 Å². The molecule has 1 aromatic rings. The summed E-state index contributed by atoms with van der Waals surface area (Å²) in [6, 6.07) is 3.14. The number of amides is 1. The molecule has 146 valence electrons. The van der Waals surface area contributed by atoms with Gasteiger partial charge >= 0.3 is 6.18 Å². The predicted molar refractivity (Wildman–Crippen MR) is 103 cm³/mol. The van der Waals surface area contributed by atoms with Crippen molar-refractivity contribution in [3.05, 3.63) is 33.8 Å². The number of hydrogen-bond donors (Lipinski definition) is 0. The van der Waals surface area contributed by atoms with E-state index in [0.717, 1.165) is 31.4 Å². The van der Waals surface area contributed by atoms with Crippen LogP contribution in [0.25, 0.3) is 0 Å². The molecule has 1 aliphatic heterocycles. The third-order valence-electron chi connectivity index (χ3n) is 3.17. The van der Waals surface area contributed by atoms with Crippen molar-refractivity contribution >= 4 is 21.8 Å². The van der Waals surface area contributed by atoms with E-state index < -0.39 is 11.7 Å². The van der Waals surface area contributed by atoms with Gasteiger partial charge in [0.1, 0.15) is 0 Å². The van der Waals surface area contributed by atoms with Gasteiger partial charge in [0.05, 0.1) is 11.1 Å². The SMILES string of the molecule is CC.CC.CC.O=C(c1ccc(C(F)(F)F)cc1Br)N1CCCCC1. The number of nitrogens with zero attached hydrogens (tertiary/aromatic N) is 1. The molecule has 0 aromatic heterocycles. The molecule has 0 saturated carbocycles. The van der Waals surface area contributed by atoms with Gasteiger partial charge in [0, 0.05) is 17.6 Å². The van der Waals surface area contributed by atoms with Gasteiger partial charge in [-0.2, -0.15) is 13.2 Å². The highest BCUT2D eigenvalue weighted by molar-refractivity contribution is 9.10. The van der Waals surface area contributed by atoms with Gasteiger partial charge < -0.3 is 4.90 Å². The van der Waals surface area contributed by atoms with E-state index in [1.807, 2.05) is 41.5 Å². The minimum Gasteiger partial charge on any atom is -0.339 e. The van der Waals surface area contributed by atoms with Crippen molar-refractivity contribution in [1.29, 1.82) is 0 Å². The highest BCUT2D eigenvalue weighted by Crippen LogP contribution is 2.32. The highest BCUT2D eigenvalue weighted by atomic mass is 79.9. The maximum absolute atomic E-state index is 12.5. The quantitative estimate of drug-likeness (QED) is 0.466. The summed E-state index contributed by atoms with van der Waals surface area (Å²) >= 11 is 3.06. The first-order valence-electron chi connectivity index (χ1n) is 9.05. The Kier molecular flexibility index (Phi) is 14.8. The largest absolute Gasteiger partial charge is 0.416 e. The predicted octanol–water partition coefficient (Wildman–Crippen LogP) is 7.17. The van der Waals surface area contributed by atoms with Crippen molar-refractivity contribution in [3.8, 4) is 0 Å². The van der Waals surface area contributed by atoms with E-state index >= 15 is 0 Å². The fraction of sp³-hybridized carbons (Fsp3) is 0.632. The van der Waals surface area contributed by atoms with E-state index in [4.69, 9.17) is 0 Å². The number of hydrogen-bond acceptors (Lipinski definition) is 1. The Hall–Kier alpha value is -1.04. The molecule has 0 N–H and O–H groups in total. The Morgan fingerprint density at radius 1 is 0.960 bits per heavy atom. The number of rotatable bonds is 1. The molecule has 1 heterocycles. The molecule has 1 aliphatic rings. The fourth-order valence-corrected chi connectivity index (χ4v) is 2.68. The molecule has 25 heavy (non-hydrogen) atoms. The summed E-state index contributed by atoms with van der Waals surface area (Å²) < 4.78 is 37.8. The summed E-state index contributed by atoms with van der Waals surface area (Å²) in [7, 11) is 0. The van der Waals surface area contributed by atoms with Crippen LogP contribution in [-0.4, -0.2) is 23.9 Å². The Morgan fingerprint density at radius 2 is 1.44 bits per heavy atom. The molecule has 6 heteroatoms. The number of carbonyl (C=O) groups is 1. The lowest BCUT2D eigenvalue weighted by Crippen LogP contribution is -2.35. The Morgan fingerprint density at radius 3 is 1.84 bits per heavy atom. The first-order chi connectivity index (χ1) is 11.9. The topological polar surface area (TPSA) is 20.3 Å². The highest BCUT2D eigenvalue weighted by Gasteiger charge is 2.31. The monoisotopic (exact) mass is 425 g/mol. The number of carbonyl (C=O) groups excluding carboxylic acids is 1. The van der Waals surface area contributed by atoms with E-state index in [0.29, 0.717) is 13.1 Å². The lowest BCUT2D eigenvalue weighted by Gasteiger charge is -2.27. The smallest absolute Gasteiger partial charge is 0.339 e. The molecule has 0 spiro atoms. The van der Waals surface area contributed by atoms with Crippen LogP contribution in [0.4, 0.5) is 13.2 Å². The van der Waals surface area contributed by atoms with Crippen LogP contribution in [0.5, 0.6) is 0 Å². The van der Waals surface area contributed by atoms with Gasteiger partial charge in [0.2, 0.25) is 0 Å². The van der Waals surface area contributed by atoms with Gasteiger partial charge in [0.25, 0.3) is 5.91 Å². The van der Waals surface area contributed by atoms with Crippen LogP contribution in [0.1, 0.15) is 76.7 Å². The van der Waals surface area contributed by atoms with Crippen molar-refractivity contribution in [3.63, 3.8) is 0 Å². The number of halogens is 4. The standard InChI is InChI=1S/C13H13BrF3NO.3C2H6/c14-11-8-9(13(15,16)17)4-5-10(11)12(19)18-6-2-1-3-7-18;3*1-2/h4-5,8H,1-3,6-7H2;3*1-2H3. The molecule has 1 aromatic carbocycles. The second-order valence-corrected chi connectivity index (χ2v) is 5.40. The van der Waals surface area contributed by atoms with Crippen LogP contribution in [-0.2, 0) is 6.18 Å². The van der Waals surface area contributed by atoms with Crippen LogP contribution in [0.3, 0.4) is 0 Å². The van der Waals surface area contributed by atoms with E-state index in [-0.39, 0.29) is 15.9 Å². The molecule has 1 fully saturated rings. The third kappa shape index (κ3) is 8.75. The van der Waals surface area contributed by atoms with E-state index in [9.17, 15) is 18.0 Å². The molecule has 2 rings (SSSR count). The summed E-state index contributed by atoms with van der Waals surface area (Å²) in [6.07, 6.45) is -1.40. The summed E-state index contributed by atoms with van der Waals surface area (Å²) in [5.41, 5.74) is -0.468. The molecule has 0 aliphatic carbocycles. The van der Waals surface area contributed by atoms with E-state index in [1.54, 1.807) is 4.90 Å². The average Bonchev–Trinajstić information content (AvgIpc) is 2.66. The van der Waals surface area contributed by atoms with Gasteiger partial charge in [-0.15, -0.1) is 0 Å². The summed E-state index contributed by atoms with van der Waals surface area (Å²) in [5, 5.41) is 0. The Bertz CT molecular complexity index is 484. The Labute approximate surface area is 158 Å². The number of alkyl halides is 3. The van der Waals surface area contributed by atoms with E-state index in [1.165, 1.54) is 6.07 Å². The van der Waals surface area contributed by atoms with Crippen LogP contribution < -0.4 is 0 Å². The van der Waals surface area contributed by atoms with Crippen molar-refractivity contribution in [2.24, 2.45) is 0 Å². The Balaban J connectivity index is 0. The molecule has 0 atom stereocenters. The molecule has 0 unspecified atom stereocenters. The zero-order valence-corrected chi connectivity index (χ0v) is 17.7. The van der Waals surface area contributed by atoms with Gasteiger partial charge in [0.15, 0.2) is 0 Å². The van der Waals surface area contributed by atoms with Crippen molar-refractivity contribution in [2.45, 2.75) is 67.0 Å². The van der Waals surface area contributed by atoms with Gasteiger partial charge in [-0.05, 0) is 53.4 Å². The average molecular weight is 426 g/mol. The van der Waals surface area contributed by atoms with Gasteiger partial charge in [-0.3, -0.25) is 4.79 Å². The molecule has 2 nitrogen and oxygen atoms in total. The minimum atomic E-state index is -4.39. The van der Waals surface area contributed by atoms with Crippen LogP contribution in [0.2, 0.25) is 0 Å². The minimum absolute atomic E-state index is 0.192.